The summed E-state index contributed by atoms with van der Waals surface area (Å²) < 4.78 is 13.4. The van der Waals surface area contributed by atoms with Gasteiger partial charge < -0.3 is 16.0 Å². The maximum atomic E-state index is 13.4. The molecule has 0 saturated heterocycles. The van der Waals surface area contributed by atoms with E-state index in [2.05, 4.69) is 20.9 Å². The molecular formula is C18H30FIN4OS. The second kappa shape index (κ2) is 14.1. The standard InChI is InChI=1S/C18H29FN4OS.HI/c1-5-20-18(22-9-8-21-17(24)13(2)3)23-11-14-6-7-16(19)10-15(14)12-25-4;/h6-7,10,13H,5,8-9,11-12H2,1-4H3,(H,21,24)(H2,20,22,23);1H. The van der Waals surface area contributed by atoms with E-state index in [4.69, 9.17) is 0 Å². The number of carbonyl (C=O) groups is 1. The number of thioether (sulfide) groups is 1. The molecule has 1 rings (SSSR count). The fourth-order valence-corrected chi connectivity index (χ4v) is 2.70. The summed E-state index contributed by atoms with van der Waals surface area (Å²) in [7, 11) is 0. The second-order valence-electron chi connectivity index (χ2n) is 5.91. The molecule has 0 aliphatic carbocycles. The van der Waals surface area contributed by atoms with Crippen LogP contribution in [-0.2, 0) is 17.1 Å². The lowest BCUT2D eigenvalue weighted by Crippen LogP contribution is -2.42. The first kappa shape index (κ1) is 25.0. The predicted molar refractivity (Wildman–Crippen MR) is 120 cm³/mol. The summed E-state index contributed by atoms with van der Waals surface area (Å²) in [4.78, 5) is 16.1. The SMILES string of the molecule is CCNC(=NCc1ccc(F)cc1CSC)NCCNC(=O)C(C)C.I. The average Bonchev–Trinajstić information content (AvgIpc) is 2.57. The van der Waals surface area contributed by atoms with Gasteiger partial charge in [-0.05, 0) is 36.4 Å². The minimum absolute atomic E-state index is 0. The molecule has 5 nitrogen and oxygen atoms in total. The highest BCUT2D eigenvalue weighted by molar-refractivity contribution is 14.0. The number of carbonyl (C=O) groups excluding carboxylic acids is 1. The summed E-state index contributed by atoms with van der Waals surface area (Å²) in [5.74, 6) is 1.24. The van der Waals surface area contributed by atoms with Gasteiger partial charge in [-0.2, -0.15) is 11.8 Å². The van der Waals surface area contributed by atoms with Gasteiger partial charge in [0.15, 0.2) is 5.96 Å². The van der Waals surface area contributed by atoms with Gasteiger partial charge in [0.2, 0.25) is 5.91 Å². The van der Waals surface area contributed by atoms with E-state index in [-0.39, 0.29) is 41.6 Å². The monoisotopic (exact) mass is 496 g/mol. The summed E-state index contributed by atoms with van der Waals surface area (Å²) >= 11 is 1.66. The summed E-state index contributed by atoms with van der Waals surface area (Å²) in [6.07, 6.45) is 2.00. The molecular weight excluding hydrogens is 466 g/mol. The van der Waals surface area contributed by atoms with Crippen molar-refractivity contribution in [3.63, 3.8) is 0 Å². The maximum absolute atomic E-state index is 13.4. The third kappa shape index (κ3) is 9.61. The minimum Gasteiger partial charge on any atom is -0.357 e. The predicted octanol–water partition coefficient (Wildman–Crippen LogP) is 3.13. The number of nitrogens with zero attached hydrogens (tertiary/aromatic N) is 1. The number of aliphatic imine (C=N–C) groups is 1. The Bertz CT molecular complexity index is 584. The van der Waals surface area contributed by atoms with Crippen molar-refractivity contribution >= 4 is 47.6 Å². The molecule has 0 unspecified atom stereocenters. The van der Waals surface area contributed by atoms with Gasteiger partial charge in [-0.25, -0.2) is 9.38 Å². The molecule has 1 amide bonds. The van der Waals surface area contributed by atoms with E-state index in [1.165, 1.54) is 6.07 Å². The normalized spacial score (nSPS) is 11.1. The molecule has 0 atom stereocenters. The van der Waals surface area contributed by atoms with Gasteiger partial charge in [0, 0.05) is 31.3 Å². The van der Waals surface area contributed by atoms with Crippen LogP contribution in [0.3, 0.4) is 0 Å². The van der Waals surface area contributed by atoms with Crippen molar-refractivity contribution in [1.29, 1.82) is 0 Å². The Balaban J connectivity index is 0.00000625. The molecule has 26 heavy (non-hydrogen) atoms. The largest absolute Gasteiger partial charge is 0.357 e. The minimum atomic E-state index is -0.220. The van der Waals surface area contributed by atoms with Crippen LogP contribution in [0.5, 0.6) is 0 Å². The van der Waals surface area contributed by atoms with Gasteiger partial charge in [0.25, 0.3) is 0 Å². The van der Waals surface area contributed by atoms with E-state index in [0.29, 0.717) is 25.6 Å². The zero-order chi connectivity index (χ0) is 18.7. The Morgan fingerprint density at radius 1 is 1.19 bits per heavy atom. The van der Waals surface area contributed by atoms with Crippen LogP contribution >= 0.6 is 35.7 Å². The number of guanidine groups is 1. The van der Waals surface area contributed by atoms with Crippen LogP contribution in [0.4, 0.5) is 4.39 Å². The van der Waals surface area contributed by atoms with Gasteiger partial charge in [-0.15, -0.1) is 24.0 Å². The third-order valence-corrected chi connectivity index (χ3v) is 4.06. The van der Waals surface area contributed by atoms with Crippen molar-refractivity contribution in [2.24, 2.45) is 10.9 Å². The maximum Gasteiger partial charge on any atom is 0.222 e. The molecule has 0 radical (unpaired) electrons. The summed E-state index contributed by atoms with van der Waals surface area (Å²) in [5.41, 5.74) is 1.98. The van der Waals surface area contributed by atoms with E-state index in [1.807, 2.05) is 27.0 Å². The zero-order valence-corrected chi connectivity index (χ0v) is 19.0. The fraction of sp³-hybridized carbons (Fsp3) is 0.556. The molecule has 0 bridgehead atoms. The van der Waals surface area contributed by atoms with E-state index in [9.17, 15) is 9.18 Å². The summed E-state index contributed by atoms with van der Waals surface area (Å²) in [5, 5.41) is 9.22. The van der Waals surface area contributed by atoms with Gasteiger partial charge in [0.05, 0.1) is 6.54 Å². The molecule has 0 aliphatic rings. The lowest BCUT2D eigenvalue weighted by Gasteiger charge is -2.13. The van der Waals surface area contributed by atoms with Gasteiger partial charge in [-0.3, -0.25) is 4.79 Å². The molecule has 0 aromatic heterocycles. The quantitative estimate of drug-likeness (QED) is 0.213. The van der Waals surface area contributed by atoms with Crippen LogP contribution < -0.4 is 16.0 Å². The first-order chi connectivity index (χ1) is 12.0. The Morgan fingerprint density at radius 2 is 1.88 bits per heavy atom. The van der Waals surface area contributed by atoms with Crippen molar-refractivity contribution in [3.05, 3.63) is 35.1 Å². The first-order valence-corrected chi connectivity index (χ1v) is 9.93. The lowest BCUT2D eigenvalue weighted by molar-refractivity contribution is -0.123. The molecule has 1 aromatic rings. The number of benzene rings is 1. The molecule has 0 aliphatic heterocycles. The average molecular weight is 496 g/mol. The van der Waals surface area contributed by atoms with E-state index in [1.54, 1.807) is 23.9 Å². The van der Waals surface area contributed by atoms with E-state index < -0.39 is 0 Å². The molecule has 0 fully saturated rings. The molecule has 0 heterocycles. The summed E-state index contributed by atoms with van der Waals surface area (Å²) in [6, 6.07) is 4.83. The van der Waals surface area contributed by atoms with E-state index in [0.717, 1.165) is 23.4 Å². The molecule has 0 saturated carbocycles. The van der Waals surface area contributed by atoms with Crippen molar-refractivity contribution in [3.8, 4) is 0 Å². The Labute approximate surface area is 177 Å². The highest BCUT2D eigenvalue weighted by atomic mass is 127. The highest BCUT2D eigenvalue weighted by Crippen LogP contribution is 2.17. The Hall–Kier alpha value is -1.03. The van der Waals surface area contributed by atoms with Gasteiger partial charge in [0.1, 0.15) is 5.82 Å². The topological polar surface area (TPSA) is 65.5 Å². The zero-order valence-electron chi connectivity index (χ0n) is 15.9. The first-order valence-electron chi connectivity index (χ1n) is 8.54. The number of hydrogen-bond donors (Lipinski definition) is 3. The summed E-state index contributed by atoms with van der Waals surface area (Å²) in [6.45, 7) is 8.07. The number of nitrogens with one attached hydrogen (secondary N) is 3. The van der Waals surface area contributed by atoms with Crippen LogP contribution in [0, 0.1) is 11.7 Å². The molecule has 8 heteroatoms. The molecule has 148 valence electrons. The number of rotatable bonds is 9. The molecule has 3 N–H and O–H groups in total. The highest BCUT2D eigenvalue weighted by Gasteiger charge is 2.06. The van der Waals surface area contributed by atoms with Gasteiger partial charge >= 0.3 is 0 Å². The van der Waals surface area contributed by atoms with Crippen LogP contribution in [0.2, 0.25) is 0 Å². The van der Waals surface area contributed by atoms with Crippen LogP contribution in [0.15, 0.2) is 23.2 Å². The second-order valence-corrected chi connectivity index (χ2v) is 6.78. The Morgan fingerprint density at radius 3 is 2.50 bits per heavy atom. The van der Waals surface area contributed by atoms with Crippen LogP contribution in [0.1, 0.15) is 31.9 Å². The molecule has 1 aromatic carbocycles. The van der Waals surface area contributed by atoms with Gasteiger partial charge in [-0.1, -0.05) is 19.9 Å². The van der Waals surface area contributed by atoms with Crippen molar-refractivity contribution < 1.29 is 9.18 Å². The Kier molecular flexibility index (Phi) is 13.5. The van der Waals surface area contributed by atoms with Crippen molar-refractivity contribution in [2.45, 2.75) is 33.1 Å². The van der Waals surface area contributed by atoms with Crippen LogP contribution in [-0.4, -0.2) is 37.8 Å². The fourth-order valence-electron chi connectivity index (χ4n) is 2.12. The number of halogens is 2. The lowest BCUT2D eigenvalue weighted by atomic mass is 10.1. The molecule has 0 spiro atoms. The van der Waals surface area contributed by atoms with Crippen LogP contribution in [0.25, 0.3) is 0 Å². The number of hydrogen-bond acceptors (Lipinski definition) is 3. The number of amides is 1. The third-order valence-electron chi connectivity index (χ3n) is 3.46. The van der Waals surface area contributed by atoms with Crippen molar-refractivity contribution in [1.82, 2.24) is 16.0 Å². The van der Waals surface area contributed by atoms with Crippen molar-refractivity contribution in [2.75, 3.05) is 25.9 Å². The van der Waals surface area contributed by atoms with E-state index >= 15 is 0 Å². The smallest absolute Gasteiger partial charge is 0.222 e.